The van der Waals surface area contributed by atoms with Crippen molar-refractivity contribution < 1.29 is 19.6 Å². The summed E-state index contributed by atoms with van der Waals surface area (Å²) in [4.78, 5) is 35.3. The van der Waals surface area contributed by atoms with Crippen molar-refractivity contribution >= 4 is 23.3 Å². The summed E-state index contributed by atoms with van der Waals surface area (Å²) in [6, 6.07) is 3.15. The second-order valence-electron chi connectivity index (χ2n) is 5.19. The molecule has 8 heteroatoms. The van der Waals surface area contributed by atoms with E-state index in [0.29, 0.717) is 5.69 Å². The fourth-order valence-corrected chi connectivity index (χ4v) is 2.38. The summed E-state index contributed by atoms with van der Waals surface area (Å²) < 4.78 is 0. The Morgan fingerprint density at radius 1 is 1.36 bits per heavy atom. The van der Waals surface area contributed by atoms with Gasteiger partial charge in [-0.1, -0.05) is 0 Å². The number of hydrogen-bond donors (Lipinski definition) is 2. The van der Waals surface area contributed by atoms with Crippen LogP contribution in [0.25, 0.3) is 0 Å². The molecule has 0 saturated carbocycles. The van der Waals surface area contributed by atoms with E-state index in [9.17, 15) is 19.7 Å². The highest BCUT2D eigenvalue weighted by atomic mass is 16.6. The standard InChI is InChI=1S/C14H17N3O5/c1-9(14(19)20)15-13(18)10-4-5-11(12(8-10)17(21)22)16-6-2-3-7-16/h4-5,8-9H,2-3,6-7H2,1H3,(H,15,18)(H,19,20). The molecule has 2 rings (SSSR count). The van der Waals surface area contributed by atoms with E-state index in [2.05, 4.69) is 5.32 Å². The number of carbonyl (C=O) groups excluding carboxylic acids is 1. The second-order valence-corrected chi connectivity index (χ2v) is 5.19. The van der Waals surface area contributed by atoms with Gasteiger partial charge in [0.1, 0.15) is 11.7 Å². The van der Waals surface area contributed by atoms with E-state index in [-0.39, 0.29) is 11.3 Å². The third kappa shape index (κ3) is 3.33. The molecule has 1 aliphatic rings. The van der Waals surface area contributed by atoms with Gasteiger partial charge in [-0.3, -0.25) is 19.7 Å². The molecule has 2 N–H and O–H groups in total. The van der Waals surface area contributed by atoms with Crippen molar-refractivity contribution in [2.45, 2.75) is 25.8 Å². The molecule has 1 heterocycles. The monoisotopic (exact) mass is 307 g/mol. The number of hydrogen-bond acceptors (Lipinski definition) is 5. The summed E-state index contributed by atoms with van der Waals surface area (Å²) in [7, 11) is 0. The van der Waals surface area contributed by atoms with E-state index in [1.807, 2.05) is 4.90 Å². The van der Waals surface area contributed by atoms with Gasteiger partial charge in [0.2, 0.25) is 0 Å². The van der Waals surface area contributed by atoms with Gasteiger partial charge in [0.15, 0.2) is 0 Å². The molecule has 8 nitrogen and oxygen atoms in total. The Labute approximate surface area is 126 Å². The van der Waals surface area contributed by atoms with Crippen molar-refractivity contribution in [1.82, 2.24) is 5.32 Å². The molecular formula is C14H17N3O5. The number of carbonyl (C=O) groups is 2. The van der Waals surface area contributed by atoms with Crippen LogP contribution in [0.2, 0.25) is 0 Å². The largest absolute Gasteiger partial charge is 0.480 e. The molecule has 0 radical (unpaired) electrons. The minimum Gasteiger partial charge on any atom is -0.480 e. The van der Waals surface area contributed by atoms with Gasteiger partial charge in [-0.25, -0.2) is 0 Å². The molecule has 0 aliphatic carbocycles. The highest BCUT2D eigenvalue weighted by Gasteiger charge is 2.24. The molecule has 1 atom stereocenters. The topological polar surface area (TPSA) is 113 Å². The van der Waals surface area contributed by atoms with Crippen LogP contribution in [0.1, 0.15) is 30.1 Å². The number of nitro groups is 1. The van der Waals surface area contributed by atoms with E-state index in [1.54, 1.807) is 6.07 Å². The molecule has 0 spiro atoms. The molecule has 1 aliphatic heterocycles. The number of nitrogens with zero attached hydrogens (tertiary/aromatic N) is 2. The zero-order valence-electron chi connectivity index (χ0n) is 12.1. The van der Waals surface area contributed by atoms with Crippen LogP contribution in [-0.4, -0.2) is 41.0 Å². The van der Waals surface area contributed by atoms with Crippen molar-refractivity contribution in [1.29, 1.82) is 0 Å². The first-order valence-corrected chi connectivity index (χ1v) is 6.97. The van der Waals surface area contributed by atoms with E-state index in [0.717, 1.165) is 25.9 Å². The van der Waals surface area contributed by atoms with Crippen molar-refractivity contribution in [2.75, 3.05) is 18.0 Å². The van der Waals surface area contributed by atoms with Gasteiger partial charge in [-0.05, 0) is 31.9 Å². The Morgan fingerprint density at radius 2 is 2.00 bits per heavy atom. The zero-order valence-corrected chi connectivity index (χ0v) is 12.1. The van der Waals surface area contributed by atoms with E-state index in [1.165, 1.54) is 19.1 Å². The smallest absolute Gasteiger partial charge is 0.325 e. The Morgan fingerprint density at radius 3 is 2.55 bits per heavy atom. The quantitative estimate of drug-likeness (QED) is 0.628. The number of amides is 1. The molecule has 1 aromatic carbocycles. The predicted octanol–water partition coefficient (Wildman–Crippen LogP) is 1.40. The number of carboxylic acid groups (broad SMARTS) is 1. The Kier molecular flexibility index (Phi) is 4.59. The van der Waals surface area contributed by atoms with E-state index in [4.69, 9.17) is 5.11 Å². The summed E-state index contributed by atoms with van der Waals surface area (Å²) in [5.41, 5.74) is 0.422. The fourth-order valence-electron chi connectivity index (χ4n) is 2.38. The molecule has 0 bridgehead atoms. The lowest BCUT2D eigenvalue weighted by atomic mass is 10.1. The van der Waals surface area contributed by atoms with Crippen LogP contribution in [0.4, 0.5) is 11.4 Å². The molecule has 1 saturated heterocycles. The van der Waals surface area contributed by atoms with Gasteiger partial charge in [-0.15, -0.1) is 0 Å². The lowest BCUT2D eigenvalue weighted by molar-refractivity contribution is -0.384. The van der Waals surface area contributed by atoms with Gasteiger partial charge in [0.25, 0.3) is 11.6 Å². The maximum absolute atomic E-state index is 12.0. The van der Waals surface area contributed by atoms with Gasteiger partial charge in [-0.2, -0.15) is 0 Å². The molecule has 1 fully saturated rings. The number of anilines is 1. The SMILES string of the molecule is CC(NC(=O)c1ccc(N2CCCC2)c([N+](=O)[O-])c1)C(=O)O. The Balaban J connectivity index is 2.27. The van der Waals surface area contributed by atoms with Crippen LogP contribution in [0.3, 0.4) is 0 Å². The van der Waals surface area contributed by atoms with Gasteiger partial charge < -0.3 is 15.3 Å². The lowest BCUT2D eigenvalue weighted by Gasteiger charge is -2.18. The molecule has 118 valence electrons. The molecule has 22 heavy (non-hydrogen) atoms. The highest BCUT2D eigenvalue weighted by molar-refractivity contribution is 5.97. The fraction of sp³-hybridized carbons (Fsp3) is 0.429. The van der Waals surface area contributed by atoms with Crippen LogP contribution in [0.15, 0.2) is 18.2 Å². The van der Waals surface area contributed by atoms with Gasteiger partial charge >= 0.3 is 5.97 Å². The highest BCUT2D eigenvalue weighted by Crippen LogP contribution is 2.31. The van der Waals surface area contributed by atoms with Gasteiger partial charge in [0, 0.05) is 24.7 Å². The molecule has 1 unspecified atom stereocenters. The number of carboxylic acids is 1. The average molecular weight is 307 g/mol. The third-order valence-electron chi connectivity index (χ3n) is 3.60. The predicted molar refractivity (Wildman–Crippen MR) is 79.1 cm³/mol. The van der Waals surface area contributed by atoms with Crippen LogP contribution in [-0.2, 0) is 4.79 Å². The minimum absolute atomic E-state index is 0.0720. The van der Waals surface area contributed by atoms with Crippen LogP contribution in [0.5, 0.6) is 0 Å². The molecular weight excluding hydrogens is 290 g/mol. The second kappa shape index (κ2) is 6.42. The van der Waals surface area contributed by atoms with Crippen molar-refractivity contribution in [2.24, 2.45) is 0 Å². The number of rotatable bonds is 5. The van der Waals surface area contributed by atoms with Crippen LogP contribution >= 0.6 is 0 Å². The first-order chi connectivity index (χ1) is 10.4. The van der Waals surface area contributed by atoms with Crippen LogP contribution < -0.4 is 10.2 Å². The molecule has 1 aromatic rings. The maximum atomic E-state index is 12.0. The summed E-state index contributed by atoms with van der Waals surface area (Å²) in [6.45, 7) is 2.83. The van der Waals surface area contributed by atoms with Crippen molar-refractivity contribution in [3.63, 3.8) is 0 Å². The maximum Gasteiger partial charge on any atom is 0.325 e. The Bertz CT molecular complexity index is 610. The van der Waals surface area contributed by atoms with E-state index >= 15 is 0 Å². The number of nitrogens with one attached hydrogen (secondary N) is 1. The summed E-state index contributed by atoms with van der Waals surface area (Å²) in [6.07, 6.45) is 1.96. The Hall–Kier alpha value is -2.64. The number of aliphatic carboxylic acids is 1. The van der Waals surface area contributed by atoms with Crippen molar-refractivity contribution in [3.05, 3.63) is 33.9 Å². The normalized spacial score (nSPS) is 15.4. The summed E-state index contributed by atoms with van der Waals surface area (Å²) in [5, 5.41) is 22.3. The zero-order chi connectivity index (χ0) is 16.3. The third-order valence-corrected chi connectivity index (χ3v) is 3.60. The average Bonchev–Trinajstić information content (AvgIpc) is 3.00. The summed E-state index contributed by atoms with van der Waals surface area (Å²) >= 11 is 0. The van der Waals surface area contributed by atoms with Crippen LogP contribution in [0, 0.1) is 10.1 Å². The summed E-state index contributed by atoms with van der Waals surface area (Å²) in [5.74, 6) is -1.82. The first kappa shape index (κ1) is 15.7. The van der Waals surface area contributed by atoms with Gasteiger partial charge in [0.05, 0.1) is 4.92 Å². The first-order valence-electron chi connectivity index (χ1n) is 6.97. The number of nitro benzene ring substituents is 1. The number of benzene rings is 1. The lowest BCUT2D eigenvalue weighted by Crippen LogP contribution is -2.38. The van der Waals surface area contributed by atoms with E-state index < -0.39 is 22.8 Å². The van der Waals surface area contributed by atoms with Crippen molar-refractivity contribution in [3.8, 4) is 0 Å². The molecule has 0 aromatic heterocycles. The minimum atomic E-state index is -1.17. The molecule has 1 amide bonds.